The van der Waals surface area contributed by atoms with Crippen molar-refractivity contribution in [3.05, 3.63) is 42.0 Å². The van der Waals surface area contributed by atoms with Gasteiger partial charge in [-0.1, -0.05) is 0 Å². The van der Waals surface area contributed by atoms with Gasteiger partial charge < -0.3 is 10.1 Å². The van der Waals surface area contributed by atoms with E-state index >= 15 is 0 Å². The number of hydrogen-bond acceptors (Lipinski definition) is 4. The Labute approximate surface area is 111 Å². The maximum atomic E-state index is 13.2. The van der Waals surface area contributed by atoms with Crippen LogP contribution in [-0.4, -0.2) is 17.1 Å². The summed E-state index contributed by atoms with van der Waals surface area (Å²) in [5, 5.41) is 2.55. The molecular formula is C12H9F4N3O. The van der Waals surface area contributed by atoms with Crippen molar-refractivity contribution in [1.82, 2.24) is 9.97 Å². The maximum Gasteiger partial charge on any atom is 0.433 e. The summed E-state index contributed by atoms with van der Waals surface area (Å²) in [6.45, 7) is 0. The van der Waals surface area contributed by atoms with Crippen LogP contribution < -0.4 is 10.1 Å². The first kappa shape index (κ1) is 14.0. The molecule has 0 bridgehead atoms. The van der Waals surface area contributed by atoms with Crippen LogP contribution in [0, 0.1) is 5.82 Å². The molecule has 1 heterocycles. The van der Waals surface area contributed by atoms with E-state index in [1.165, 1.54) is 19.2 Å². The third-order valence-electron chi connectivity index (χ3n) is 2.35. The number of benzene rings is 1. The summed E-state index contributed by atoms with van der Waals surface area (Å²) in [6.07, 6.45) is -3.57. The van der Waals surface area contributed by atoms with Gasteiger partial charge in [-0.15, -0.1) is 0 Å². The van der Waals surface area contributed by atoms with E-state index in [0.717, 1.165) is 18.3 Å². The number of halogens is 4. The van der Waals surface area contributed by atoms with E-state index in [4.69, 9.17) is 4.74 Å². The molecule has 0 saturated heterocycles. The molecule has 0 aliphatic heterocycles. The smallest absolute Gasteiger partial charge is 0.433 e. The Bertz CT molecular complexity index is 616. The molecule has 2 rings (SSSR count). The molecular weight excluding hydrogens is 278 g/mol. The fourth-order valence-corrected chi connectivity index (χ4v) is 1.44. The van der Waals surface area contributed by atoms with Crippen LogP contribution in [0.2, 0.25) is 0 Å². The van der Waals surface area contributed by atoms with Gasteiger partial charge in [0, 0.05) is 18.0 Å². The Hall–Kier alpha value is -2.38. The van der Waals surface area contributed by atoms with E-state index in [2.05, 4.69) is 15.3 Å². The largest absolute Gasteiger partial charge is 0.494 e. The van der Waals surface area contributed by atoms with Crippen molar-refractivity contribution < 1.29 is 22.3 Å². The zero-order chi connectivity index (χ0) is 14.8. The van der Waals surface area contributed by atoms with Gasteiger partial charge in [0.05, 0.1) is 7.11 Å². The SMILES string of the molecule is COc1cc(Nc2nccc(C(F)(F)F)n2)ccc1F. The highest BCUT2D eigenvalue weighted by atomic mass is 19.4. The average Bonchev–Trinajstić information content (AvgIpc) is 2.40. The quantitative estimate of drug-likeness (QED) is 0.879. The van der Waals surface area contributed by atoms with Gasteiger partial charge in [0.15, 0.2) is 11.6 Å². The maximum absolute atomic E-state index is 13.2. The summed E-state index contributed by atoms with van der Waals surface area (Å²) in [5.41, 5.74) is -0.758. The molecule has 0 aliphatic rings. The number of hydrogen-bond donors (Lipinski definition) is 1. The van der Waals surface area contributed by atoms with Crippen LogP contribution in [0.25, 0.3) is 0 Å². The third-order valence-corrected chi connectivity index (χ3v) is 2.35. The van der Waals surface area contributed by atoms with Crippen molar-refractivity contribution in [3.63, 3.8) is 0 Å². The molecule has 1 N–H and O–H groups in total. The van der Waals surface area contributed by atoms with Gasteiger partial charge in [-0.2, -0.15) is 13.2 Å². The molecule has 8 heteroatoms. The van der Waals surface area contributed by atoms with E-state index in [9.17, 15) is 17.6 Å². The summed E-state index contributed by atoms with van der Waals surface area (Å²) in [5.74, 6) is -0.863. The fourth-order valence-electron chi connectivity index (χ4n) is 1.44. The number of aromatic nitrogens is 2. The molecule has 20 heavy (non-hydrogen) atoms. The molecule has 1 aromatic carbocycles. The lowest BCUT2D eigenvalue weighted by molar-refractivity contribution is -0.141. The van der Waals surface area contributed by atoms with E-state index in [1.54, 1.807) is 0 Å². The van der Waals surface area contributed by atoms with Gasteiger partial charge >= 0.3 is 6.18 Å². The molecule has 0 unspecified atom stereocenters. The molecule has 0 spiro atoms. The first-order chi connectivity index (χ1) is 9.40. The summed E-state index contributed by atoms with van der Waals surface area (Å²) < 4.78 is 55.4. The number of anilines is 2. The number of rotatable bonds is 3. The van der Waals surface area contributed by atoms with Crippen molar-refractivity contribution in [2.24, 2.45) is 0 Å². The first-order valence-corrected chi connectivity index (χ1v) is 5.41. The Morgan fingerprint density at radius 1 is 1.20 bits per heavy atom. The Morgan fingerprint density at radius 2 is 1.95 bits per heavy atom. The molecule has 106 valence electrons. The Balaban J connectivity index is 2.26. The van der Waals surface area contributed by atoms with Gasteiger partial charge in [0.25, 0.3) is 0 Å². The lowest BCUT2D eigenvalue weighted by Crippen LogP contribution is -2.10. The van der Waals surface area contributed by atoms with Crippen LogP contribution in [0.1, 0.15) is 5.69 Å². The second-order valence-electron chi connectivity index (χ2n) is 3.74. The van der Waals surface area contributed by atoms with Gasteiger partial charge in [-0.3, -0.25) is 0 Å². The minimum atomic E-state index is -4.56. The highest BCUT2D eigenvalue weighted by molar-refractivity contribution is 5.56. The minimum absolute atomic E-state index is 0.0398. The Morgan fingerprint density at radius 3 is 2.60 bits per heavy atom. The topological polar surface area (TPSA) is 47.0 Å². The van der Waals surface area contributed by atoms with Crippen molar-refractivity contribution in [2.75, 3.05) is 12.4 Å². The molecule has 1 aromatic heterocycles. The predicted octanol–water partition coefficient (Wildman–Crippen LogP) is 3.39. The summed E-state index contributed by atoms with van der Waals surface area (Å²) in [7, 11) is 1.28. The zero-order valence-electron chi connectivity index (χ0n) is 10.2. The van der Waals surface area contributed by atoms with Crippen molar-refractivity contribution in [1.29, 1.82) is 0 Å². The lowest BCUT2D eigenvalue weighted by atomic mass is 10.3. The molecule has 0 radical (unpaired) electrons. The van der Waals surface area contributed by atoms with Crippen LogP contribution in [0.4, 0.5) is 29.2 Å². The molecule has 0 amide bonds. The van der Waals surface area contributed by atoms with Crippen molar-refractivity contribution in [2.45, 2.75) is 6.18 Å². The number of nitrogens with one attached hydrogen (secondary N) is 1. The number of ether oxygens (including phenoxy) is 1. The van der Waals surface area contributed by atoms with E-state index in [1.807, 2.05) is 0 Å². The summed E-state index contributed by atoms with van der Waals surface area (Å²) in [4.78, 5) is 7.00. The number of alkyl halides is 3. The molecule has 0 fully saturated rings. The minimum Gasteiger partial charge on any atom is -0.494 e. The normalized spacial score (nSPS) is 11.2. The van der Waals surface area contributed by atoms with Crippen molar-refractivity contribution >= 4 is 11.6 Å². The van der Waals surface area contributed by atoms with Crippen LogP contribution in [0.5, 0.6) is 5.75 Å². The molecule has 0 atom stereocenters. The highest BCUT2D eigenvalue weighted by Crippen LogP contribution is 2.28. The van der Waals surface area contributed by atoms with Crippen LogP contribution in [-0.2, 0) is 6.18 Å². The molecule has 2 aromatic rings. The molecule has 0 aliphatic carbocycles. The molecule has 0 saturated carbocycles. The van der Waals surface area contributed by atoms with Crippen LogP contribution >= 0.6 is 0 Å². The third kappa shape index (κ3) is 3.14. The monoisotopic (exact) mass is 287 g/mol. The second kappa shape index (κ2) is 5.32. The summed E-state index contributed by atoms with van der Waals surface area (Å²) >= 11 is 0. The van der Waals surface area contributed by atoms with Gasteiger partial charge in [-0.05, 0) is 18.2 Å². The number of methoxy groups -OCH3 is 1. The van der Waals surface area contributed by atoms with E-state index in [-0.39, 0.29) is 11.7 Å². The second-order valence-corrected chi connectivity index (χ2v) is 3.74. The van der Waals surface area contributed by atoms with Gasteiger partial charge in [-0.25, -0.2) is 14.4 Å². The predicted molar refractivity (Wildman–Crippen MR) is 63.3 cm³/mol. The zero-order valence-corrected chi connectivity index (χ0v) is 10.2. The van der Waals surface area contributed by atoms with Gasteiger partial charge in [0.2, 0.25) is 5.95 Å². The lowest BCUT2D eigenvalue weighted by Gasteiger charge is -2.09. The Kier molecular flexibility index (Phi) is 3.73. The van der Waals surface area contributed by atoms with Crippen molar-refractivity contribution in [3.8, 4) is 5.75 Å². The standard InChI is InChI=1S/C12H9F4N3O/c1-20-9-6-7(2-3-8(9)13)18-11-17-5-4-10(19-11)12(14,15)16/h2-6H,1H3,(H,17,18,19). The fraction of sp³-hybridized carbons (Fsp3) is 0.167. The molecule has 4 nitrogen and oxygen atoms in total. The van der Waals surface area contributed by atoms with Crippen LogP contribution in [0.3, 0.4) is 0 Å². The van der Waals surface area contributed by atoms with Crippen LogP contribution in [0.15, 0.2) is 30.5 Å². The average molecular weight is 287 g/mol. The van der Waals surface area contributed by atoms with E-state index < -0.39 is 17.7 Å². The highest BCUT2D eigenvalue weighted by Gasteiger charge is 2.32. The first-order valence-electron chi connectivity index (χ1n) is 5.41. The van der Waals surface area contributed by atoms with Gasteiger partial charge in [0.1, 0.15) is 5.69 Å². The number of nitrogens with zero attached hydrogens (tertiary/aromatic N) is 2. The van der Waals surface area contributed by atoms with E-state index in [0.29, 0.717) is 5.69 Å². The summed E-state index contributed by atoms with van der Waals surface area (Å²) in [6, 6.07) is 4.51.